The number of thiophene rings is 1. The SMILES string of the molecule is CC(Cc1ccsc1)N1CCc2n[nH]nc2C1. The molecule has 17 heavy (non-hydrogen) atoms. The van der Waals surface area contributed by atoms with E-state index in [-0.39, 0.29) is 0 Å². The molecular weight excluding hydrogens is 232 g/mol. The van der Waals surface area contributed by atoms with Crippen LogP contribution in [0.4, 0.5) is 0 Å². The van der Waals surface area contributed by atoms with Crippen LogP contribution in [-0.2, 0) is 19.4 Å². The molecule has 1 N–H and O–H groups in total. The molecule has 0 amide bonds. The molecule has 3 rings (SSSR count). The third-order valence-corrected chi connectivity index (χ3v) is 4.16. The van der Waals surface area contributed by atoms with Gasteiger partial charge in [0.25, 0.3) is 0 Å². The maximum absolute atomic E-state index is 4.21. The first-order chi connectivity index (χ1) is 8.33. The number of nitrogens with one attached hydrogen (secondary N) is 1. The van der Waals surface area contributed by atoms with Gasteiger partial charge in [0, 0.05) is 25.6 Å². The highest BCUT2D eigenvalue weighted by Crippen LogP contribution is 2.19. The molecule has 1 unspecified atom stereocenters. The van der Waals surface area contributed by atoms with Gasteiger partial charge in [-0.25, -0.2) is 0 Å². The minimum Gasteiger partial charge on any atom is -0.294 e. The molecule has 0 aliphatic carbocycles. The lowest BCUT2D eigenvalue weighted by atomic mass is 10.1. The lowest BCUT2D eigenvalue weighted by molar-refractivity contribution is 0.186. The summed E-state index contributed by atoms with van der Waals surface area (Å²) in [5.74, 6) is 0. The molecule has 0 saturated carbocycles. The highest BCUT2D eigenvalue weighted by molar-refractivity contribution is 7.07. The Morgan fingerprint density at radius 2 is 2.35 bits per heavy atom. The maximum Gasteiger partial charge on any atom is 0.0997 e. The van der Waals surface area contributed by atoms with Gasteiger partial charge >= 0.3 is 0 Å². The molecule has 3 heterocycles. The molecule has 0 fully saturated rings. The monoisotopic (exact) mass is 248 g/mol. The second-order valence-electron chi connectivity index (χ2n) is 4.62. The number of hydrogen-bond donors (Lipinski definition) is 1. The molecule has 4 nitrogen and oxygen atoms in total. The quantitative estimate of drug-likeness (QED) is 0.901. The van der Waals surface area contributed by atoms with Crippen molar-refractivity contribution in [2.45, 2.75) is 32.4 Å². The number of aromatic amines is 1. The first-order valence-electron chi connectivity index (χ1n) is 5.96. The van der Waals surface area contributed by atoms with Crippen molar-refractivity contribution in [2.24, 2.45) is 0 Å². The van der Waals surface area contributed by atoms with Crippen LogP contribution in [0.25, 0.3) is 0 Å². The summed E-state index contributed by atoms with van der Waals surface area (Å²) in [5.41, 5.74) is 3.70. The molecule has 1 aliphatic heterocycles. The average Bonchev–Trinajstić information content (AvgIpc) is 2.97. The largest absolute Gasteiger partial charge is 0.294 e. The average molecular weight is 248 g/mol. The molecule has 0 spiro atoms. The van der Waals surface area contributed by atoms with E-state index in [0.717, 1.165) is 37.3 Å². The van der Waals surface area contributed by atoms with E-state index < -0.39 is 0 Å². The smallest absolute Gasteiger partial charge is 0.0997 e. The van der Waals surface area contributed by atoms with Crippen molar-refractivity contribution in [3.05, 3.63) is 33.8 Å². The van der Waals surface area contributed by atoms with E-state index in [2.05, 4.69) is 44.1 Å². The van der Waals surface area contributed by atoms with Crippen molar-refractivity contribution in [3.63, 3.8) is 0 Å². The Bertz CT molecular complexity index is 476. The van der Waals surface area contributed by atoms with Crippen LogP contribution in [0.1, 0.15) is 23.9 Å². The van der Waals surface area contributed by atoms with Crippen molar-refractivity contribution in [1.29, 1.82) is 0 Å². The zero-order valence-corrected chi connectivity index (χ0v) is 10.7. The predicted octanol–water partition coefficient (Wildman–Crippen LogP) is 1.86. The molecule has 5 heteroatoms. The molecular formula is C12H16N4S. The molecule has 90 valence electrons. The molecule has 2 aromatic rings. The molecule has 0 radical (unpaired) electrons. The van der Waals surface area contributed by atoms with Crippen molar-refractivity contribution in [1.82, 2.24) is 20.3 Å². The zero-order chi connectivity index (χ0) is 11.7. The fourth-order valence-corrected chi connectivity index (χ4v) is 3.06. The van der Waals surface area contributed by atoms with Gasteiger partial charge in [-0.2, -0.15) is 26.7 Å². The summed E-state index contributed by atoms with van der Waals surface area (Å²) < 4.78 is 0. The van der Waals surface area contributed by atoms with Crippen LogP contribution in [-0.4, -0.2) is 32.9 Å². The summed E-state index contributed by atoms with van der Waals surface area (Å²) in [5, 5.41) is 15.5. The summed E-state index contributed by atoms with van der Waals surface area (Å²) in [6, 6.07) is 2.78. The van der Waals surface area contributed by atoms with E-state index in [4.69, 9.17) is 0 Å². The number of aromatic nitrogens is 3. The first-order valence-corrected chi connectivity index (χ1v) is 6.91. The minimum atomic E-state index is 0.564. The van der Waals surface area contributed by atoms with Gasteiger partial charge in [0.1, 0.15) is 0 Å². The standard InChI is InChI=1S/C12H16N4S/c1-9(6-10-3-5-17-8-10)16-4-2-11-12(7-16)14-15-13-11/h3,5,8-9H,2,4,6-7H2,1H3,(H,13,14,15). The second kappa shape index (κ2) is 4.58. The second-order valence-corrected chi connectivity index (χ2v) is 5.40. The molecule has 0 saturated heterocycles. The van der Waals surface area contributed by atoms with Crippen LogP contribution in [0.3, 0.4) is 0 Å². The Kier molecular flexibility index (Phi) is 2.94. The summed E-state index contributed by atoms with van der Waals surface area (Å²) in [6.07, 6.45) is 2.14. The van der Waals surface area contributed by atoms with Gasteiger partial charge in [0.2, 0.25) is 0 Å². The van der Waals surface area contributed by atoms with E-state index in [9.17, 15) is 0 Å². The highest BCUT2D eigenvalue weighted by atomic mass is 32.1. The van der Waals surface area contributed by atoms with Gasteiger partial charge in [-0.05, 0) is 35.7 Å². The third-order valence-electron chi connectivity index (χ3n) is 3.43. The molecule has 0 bridgehead atoms. The number of nitrogens with zero attached hydrogens (tertiary/aromatic N) is 3. The maximum atomic E-state index is 4.21. The van der Waals surface area contributed by atoms with Crippen LogP contribution < -0.4 is 0 Å². The minimum absolute atomic E-state index is 0.564. The van der Waals surface area contributed by atoms with Gasteiger partial charge in [-0.15, -0.1) is 0 Å². The zero-order valence-electron chi connectivity index (χ0n) is 9.89. The van der Waals surface area contributed by atoms with Crippen molar-refractivity contribution in [3.8, 4) is 0 Å². The predicted molar refractivity (Wildman–Crippen MR) is 68.0 cm³/mol. The lowest BCUT2D eigenvalue weighted by Gasteiger charge is -2.31. The Morgan fingerprint density at radius 3 is 3.18 bits per heavy atom. The molecule has 2 aromatic heterocycles. The Labute approximate surface area is 105 Å². The Morgan fingerprint density at radius 1 is 1.47 bits per heavy atom. The van der Waals surface area contributed by atoms with Crippen LogP contribution in [0, 0.1) is 0 Å². The number of fused-ring (bicyclic) bond motifs is 1. The van der Waals surface area contributed by atoms with Crippen molar-refractivity contribution >= 4 is 11.3 Å². The van der Waals surface area contributed by atoms with Gasteiger partial charge in [0.15, 0.2) is 0 Å². The van der Waals surface area contributed by atoms with E-state index >= 15 is 0 Å². The van der Waals surface area contributed by atoms with Crippen molar-refractivity contribution < 1.29 is 0 Å². The van der Waals surface area contributed by atoms with Crippen LogP contribution in [0.15, 0.2) is 16.8 Å². The fourth-order valence-electron chi connectivity index (χ4n) is 2.38. The first kappa shape index (κ1) is 10.9. The summed E-state index contributed by atoms with van der Waals surface area (Å²) in [7, 11) is 0. The van der Waals surface area contributed by atoms with E-state index in [1.165, 1.54) is 5.56 Å². The summed E-state index contributed by atoms with van der Waals surface area (Å²) in [6.45, 7) is 4.31. The van der Waals surface area contributed by atoms with Gasteiger partial charge in [-0.3, -0.25) is 4.90 Å². The normalized spacial score (nSPS) is 17.9. The van der Waals surface area contributed by atoms with E-state index in [1.54, 1.807) is 11.3 Å². The number of H-pyrrole nitrogens is 1. The number of hydrogen-bond acceptors (Lipinski definition) is 4. The topological polar surface area (TPSA) is 44.8 Å². The van der Waals surface area contributed by atoms with E-state index in [1.807, 2.05) is 0 Å². The van der Waals surface area contributed by atoms with Gasteiger partial charge in [0.05, 0.1) is 11.4 Å². The number of rotatable bonds is 3. The van der Waals surface area contributed by atoms with E-state index in [0.29, 0.717) is 6.04 Å². The Balaban J connectivity index is 1.66. The van der Waals surface area contributed by atoms with Crippen LogP contribution in [0.5, 0.6) is 0 Å². The summed E-state index contributed by atoms with van der Waals surface area (Å²) >= 11 is 1.77. The summed E-state index contributed by atoms with van der Waals surface area (Å²) in [4.78, 5) is 2.49. The van der Waals surface area contributed by atoms with Crippen LogP contribution in [0.2, 0.25) is 0 Å². The molecule has 1 aliphatic rings. The van der Waals surface area contributed by atoms with Crippen molar-refractivity contribution in [2.75, 3.05) is 6.54 Å². The lowest BCUT2D eigenvalue weighted by Crippen LogP contribution is -2.38. The third kappa shape index (κ3) is 2.25. The van der Waals surface area contributed by atoms with Gasteiger partial charge in [-0.1, -0.05) is 0 Å². The molecule has 0 aromatic carbocycles. The Hall–Kier alpha value is -1.20. The van der Waals surface area contributed by atoms with Gasteiger partial charge < -0.3 is 0 Å². The highest BCUT2D eigenvalue weighted by Gasteiger charge is 2.23. The van der Waals surface area contributed by atoms with Crippen LogP contribution >= 0.6 is 11.3 Å². The fraction of sp³-hybridized carbons (Fsp3) is 0.500. The molecule has 1 atom stereocenters.